The van der Waals surface area contributed by atoms with Crippen LogP contribution in [0.15, 0.2) is 18.2 Å². The van der Waals surface area contributed by atoms with Crippen LogP contribution in [0.4, 0.5) is 5.13 Å². The summed E-state index contributed by atoms with van der Waals surface area (Å²) in [4.78, 5) is 4.26. The SMILES string of the molecule is COCCOCCS(=O)(=O)Nc1nc2ccc(C)cc2s1. The van der Waals surface area contributed by atoms with E-state index in [0.29, 0.717) is 18.3 Å². The Morgan fingerprint density at radius 2 is 2.10 bits per heavy atom. The van der Waals surface area contributed by atoms with Crippen LogP contribution in [0, 0.1) is 6.92 Å². The molecule has 1 aromatic carbocycles. The van der Waals surface area contributed by atoms with E-state index in [1.807, 2.05) is 25.1 Å². The molecule has 0 saturated heterocycles. The molecule has 0 aliphatic carbocycles. The van der Waals surface area contributed by atoms with Crippen LogP contribution in [0.3, 0.4) is 0 Å². The van der Waals surface area contributed by atoms with Gasteiger partial charge in [0.1, 0.15) is 0 Å². The highest BCUT2D eigenvalue weighted by atomic mass is 32.2. The van der Waals surface area contributed by atoms with Crippen molar-refractivity contribution < 1.29 is 17.9 Å². The number of thiazole rings is 1. The molecule has 21 heavy (non-hydrogen) atoms. The summed E-state index contributed by atoms with van der Waals surface area (Å²) in [6.45, 7) is 2.94. The van der Waals surface area contributed by atoms with Crippen LogP contribution >= 0.6 is 11.3 Å². The highest BCUT2D eigenvalue weighted by Crippen LogP contribution is 2.27. The minimum absolute atomic E-state index is 0.105. The number of sulfonamides is 1. The Balaban J connectivity index is 1.95. The van der Waals surface area contributed by atoms with Gasteiger partial charge < -0.3 is 9.47 Å². The fraction of sp³-hybridized carbons (Fsp3) is 0.462. The van der Waals surface area contributed by atoms with E-state index in [2.05, 4.69) is 9.71 Å². The number of anilines is 1. The minimum Gasteiger partial charge on any atom is -0.382 e. The Bertz CT molecular complexity index is 697. The second kappa shape index (κ2) is 7.17. The Hall–Kier alpha value is -1.22. The molecule has 0 aliphatic rings. The first-order valence-electron chi connectivity index (χ1n) is 6.44. The van der Waals surface area contributed by atoms with Gasteiger partial charge in [-0.3, -0.25) is 4.72 Å². The van der Waals surface area contributed by atoms with Crippen LogP contribution in [0.2, 0.25) is 0 Å². The molecule has 0 bridgehead atoms. The third-order valence-corrected chi connectivity index (χ3v) is 4.99. The number of hydrogen-bond acceptors (Lipinski definition) is 6. The van der Waals surface area contributed by atoms with E-state index in [4.69, 9.17) is 9.47 Å². The van der Waals surface area contributed by atoms with Crippen molar-refractivity contribution in [1.82, 2.24) is 4.98 Å². The number of benzene rings is 1. The average molecular weight is 330 g/mol. The molecule has 1 aromatic heterocycles. The van der Waals surface area contributed by atoms with Crippen molar-refractivity contribution in [1.29, 1.82) is 0 Å². The van der Waals surface area contributed by atoms with E-state index in [-0.39, 0.29) is 12.4 Å². The lowest BCUT2D eigenvalue weighted by Gasteiger charge is -2.05. The standard InChI is InChI=1S/C13H18N2O4S2/c1-10-3-4-11-12(9-10)20-13(14-11)15-21(16,17)8-7-19-6-5-18-2/h3-4,9H,5-8H2,1-2H3,(H,14,15). The zero-order chi connectivity index (χ0) is 15.3. The number of rotatable bonds is 8. The average Bonchev–Trinajstić information content (AvgIpc) is 2.78. The topological polar surface area (TPSA) is 77.5 Å². The van der Waals surface area contributed by atoms with E-state index in [9.17, 15) is 8.42 Å². The van der Waals surface area contributed by atoms with E-state index in [0.717, 1.165) is 15.8 Å². The molecular weight excluding hydrogens is 312 g/mol. The van der Waals surface area contributed by atoms with Gasteiger partial charge in [-0.25, -0.2) is 13.4 Å². The summed E-state index contributed by atoms with van der Waals surface area (Å²) in [5.74, 6) is -0.105. The van der Waals surface area contributed by atoms with E-state index >= 15 is 0 Å². The van der Waals surface area contributed by atoms with Gasteiger partial charge in [0.15, 0.2) is 5.13 Å². The largest absolute Gasteiger partial charge is 0.382 e. The molecule has 0 unspecified atom stereocenters. The highest BCUT2D eigenvalue weighted by molar-refractivity contribution is 7.92. The smallest absolute Gasteiger partial charge is 0.236 e. The summed E-state index contributed by atoms with van der Waals surface area (Å²) in [7, 11) is -1.88. The van der Waals surface area contributed by atoms with Crippen LogP contribution in [0.25, 0.3) is 10.2 Å². The maximum atomic E-state index is 11.9. The van der Waals surface area contributed by atoms with E-state index < -0.39 is 10.0 Å². The number of aromatic nitrogens is 1. The van der Waals surface area contributed by atoms with Crippen LogP contribution < -0.4 is 4.72 Å². The van der Waals surface area contributed by atoms with E-state index in [1.54, 1.807) is 7.11 Å². The number of nitrogens with one attached hydrogen (secondary N) is 1. The fourth-order valence-electron chi connectivity index (χ4n) is 1.67. The molecule has 2 aromatic rings. The van der Waals surface area contributed by atoms with Crippen molar-refractivity contribution in [2.24, 2.45) is 0 Å². The third kappa shape index (κ3) is 4.92. The third-order valence-electron chi connectivity index (χ3n) is 2.71. The molecule has 0 radical (unpaired) electrons. The second-order valence-corrected chi connectivity index (χ2v) is 7.39. The molecule has 1 N–H and O–H groups in total. The lowest BCUT2D eigenvalue weighted by Crippen LogP contribution is -2.20. The van der Waals surface area contributed by atoms with Gasteiger partial charge in [0.05, 0.1) is 35.8 Å². The van der Waals surface area contributed by atoms with Crippen LogP contribution in [-0.2, 0) is 19.5 Å². The first kappa shape index (κ1) is 16.2. The van der Waals surface area contributed by atoms with Crippen LogP contribution in [-0.4, -0.2) is 46.1 Å². The summed E-state index contributed by atoms with van der Waals surface area (Å²) in [6, 6.07) is 5.81. The molecule has 0 amide bonds. The molecule has 0 fully saturated rings. The Labute approximate surface area is 128 Å². The maximum Gasteiger partial charge on any atom is 0.236 e. The van der Waals surface area contributed by atoms with E-state index in [1.165, 1.54) is 11.3 Å². The van der Waals surface area contributed by atoms with Crippen molar-refractivity contribution in [2.45, 2.75) is 6.92 Å². The first-order valence-corrected chi connectivity index (χ1v) is 8.91. The molecule has 0 spiro atoms. The van der Waals surface area contributed by atoms with Gasteiger partial charge in [-0.15, -0.1) is 0 Å². The van der Waals surface area contributed by atoms with Crippen molar-refractivity contribution in [2.75, 3.05) is 37.4 Å². The van der Waals surface area contributed by atoms with Crippen molar-refractivity contribution in [3.63, 3.8) is 0 Å². The molecule has 116 valence electrons. The van der Waals surface area contributed by atoms with Gasteiger partial charge in [-0.05, 0) is 24.6 Å². The predicted molar refractivity (Wildman–Crippen MR) is 84.5 cm³/mol. The quantitative estimate of drug-likeness (QED) is 0.749. The normalized spacial score (nSPS) is 11.9. The van der Waals surface area contributed by atoms with Gasteiger partial charge in [-0.2, -0.15) is 0 Å². The molecule has 8 heteroatoms. The number of fused-ring (bicyclic) bond motifs is 1. The lowest BCUT2D eigenvalue weighted by atomic mass is 10.2. The van der Waals surface area contributed by atoms with Crippen molar-refractivity contribution in [3.05, 3.63) is 23.8 Å². The second-order valence-electron chi connectivity index (χ2n) is 4.52. The monoisotopic (exact) mass is 330 g/mol. The first-order chi connectivity index (χ1) is 10.00. The summed E-state index contributed by atoms with van der Waals surface area (Å²) in [5, 5.41) is 0.382. The maximum absolute atomic E-state index is 11.9. The fourth-order valence-corrected chi connectivity index (χ4v) is 3.79. The summed E-state index contributed by atoms with van der Waals surface area (Å²) >= 11 is 1.32. The number of ether oxygens (including phenoxy) is 2. The van der Waals surface area contributed by atoms with Gasteiger partial charge >= 0.3 is 0 Å². The van der Waals surface area contributed by atoms with Gasteiger partial charge in [0.2, 0.25) is 10.0 Å². The molecule has 6 nitrogen and oxygen atoms in total. The minimum atomic E-state index is -3.45. The number of hydrogen-bond donors (Lipinski definition) is 1. The molecule has 2 rings (SSSR count). The number of nitrogens with zero attached hydrogens (tertiary/aromatic N) is 1. The zero-order valence-electron chi connectivity index (χ0n) is 12.0. The molecule has 0 aliphatic heterocycles. The molecule has 1 heterocycles. The molecular formula is C13H18N2O4S2. The Morgan fingerprint density at radius 1 is 1.29 bits per heavy atom. The predicted octanol–water partition coefficient (Wildman–Crippen LogP) is 2.01. The van der Waals surface area contributed by atoms with Crippen LogP contribution in [0.5, 0.6) is 0 Å². The summed E-state index contributed by atoms with van der Waals surface area (Å²) in [6.07, 6.45) is 0. The van der Waals surface area contributed by atoms with Crippen molar-refractivity contribution in [3.8, 4) is 0 Å². The summed E-state index contributed by atoms with van der Waals surface area (Å²) < 4.78 is 37.3. The highest BCUT2D eigenvalue weighted by Gasteiger charge is 2.13. The zero-order valence-corrected chi connectivity index (χ0v) is 13.6. The summed E-state index contributed by atoms with van der Waals surface area (Å²) in [5.41, 5.74) is 1.91. The molecule has 0 atom stereocenters. The number of aryl methyl sites for hydroxylation is 1. The van der Waals surface area contributed by atoms with Crippen LogP contribution in [0.1, 0.15) is 5.56 Å². The van der Waals surface area contributed by atoms with Gasteiger partial charge in [0, 0.05) is 7.11 Å². The van der Waals surface area contributed by atoms with Gasteiger partial charge in [-0.1, -0.05) is 17.4 Å². The number of methoxy groups -OCH3 is 1. The van der Waals surface area contributed by atoms with Crippen molar-refractivity contribution >= 4 is 36.7 Å². The molecule has 0 saturated carbocycles. The Morgan fingerprint density at radius 3 is 2.86 bits per heavy atom. The Kier molecular flexibility index (Phi) is 5.51. The lowest BCUT2D eigenvalue weighted by molar-refractivity contribution is 0.0785. The van der Waals surface area contributed by atoms with Gasteiger partial charge in [0.25, 0.3) is 0 Å².